The van der Waals surface area contributed by atoms with Crippen molar-refractivity contribution in [2.75, 3.05) is 5.32 Å². The molecule has 0 aliphatic rings. The van der Waals surface area contributed by atoms with Gasteiger partial charge >= 0.3 is 0 Å². The van der Waals surface area contributed by atoms with E-state index < -0.39 is 21.7 Å². The molecule has 3 aromatic carbocycles. The highest BCUT2D eigenvalue weighted by Crippen LogP contribution is 2.24. The van der Waals surface area contributed by atoms with Gasteiger partial charge in [-0.2, -0.15) is 0 Å². The van der Waals surface area contributed by atoms with E-state index in [4.69, 9.17) is 11.6 Å². The van der Waals surface area contributed by atoms with Crippen LogP contribution in [0, 0.1) is 12.7 Å². The molecule has 1 amide bonds. The summed E-state index contributed by atoms with van der Waals surface area (Å²) in [7, 11) is -3.95. The molecule has 0 fully saturated rings. The van der Waals surface area contributed by atoms with Gasteiger partial charge in [0.15, 0.2) is 0 Å². The van der Waals surface area contributed by atoms with E-state index in [0.29, 0.717) is 11.3 Å². The number of aryl methyl sites for hydroxylation is 1. The summed E-state index contributed by atoms with van der Waals surface area (Å²) in [4.78, 5) is 12.3. The normalized spacial score (nSPS) is 11.3. The summed E-state index contributed by atoms with van der Waals surface area (Å²) < 4.78 is 41.3. The van der Waals surface area contributed by atoms with Crippen molar-refractivity contribution in [3.8, 4) is 0 Å². The molecule has 0 bridgehead atoms. The van der Waals surface area contributed by atoms with Gasteiger partial charge in [-0.15, -0.1) is 0 Å². The second kappa shape index (κ2) is 8.73. The summed E-state index contributed by atoms with van der Waals surface area (Å²) in [5.74, 6) is -1.06. The van der Waals surface area contributed by atoms with Gasteiger partial charge in [0.05, 0.1) is 5.02 Å². The number of hydrogen-bond acceptors (Lipinski definition) is 3. The standard InChI is InChI=1S/C21H18ClFN2O3S/c1-14-7-9-17(23)12-19(14)25-21(26)16-8-10-18(22)20(11-16)29(27,28)24-13-15-5-3-2-4-6-15/h2-12,24H,13H2,1H3,(H,25,26). The van der Waals surface area contributed by atoms with Crippen molar-refractivity contribution in [2.24, 2.45) is 0 Å². The first-order valence-corrected chi connectivity index (χ1v) is 10.5. The van der Waals surface area contributed by atoms with Gasteiger partial charge in [-0.3, -0.25) is 4.79 Å². The van der Waals surface area contributed by atoms with Crippen molar-refractivity contribution >= 4 is 33.2 Å². The number of carbonyl (C=O) groups is 1. The highest BCUT2D eigenvalue weighted by Gasteiger charge is 2.20. The highest BCUT2D eigenvalue weighted by molar-refractivity contribution is 7.89. The summed E-state index contributed by atoms with van der Waals surface area (Å²) in [6.45, 7) is 1.80. The Balaban J connectivity index is 1.83. The maximum absolute atomic E-state index is 13.4. The third kappa shape index (κ3) is 5.20. The second-order valence-corrected chi connectivity index (χ2v) is 8.51. The van der Waals surface area contributed by atoms with Gasteiger partial charge in [0.1, 0.15) is 10.7 Å². The van der Waals surface area contributed by atoms with Crippen molar-refractivity contribution < 1.29 is 17.6 Å². The molecule has 0 saturated heterocycles. The third-order valence-electron chi connectivity index (χ3n) is 4.24. The topological polar surface area (TPSA) is 75.3 Å². The van der Waals surface area contributed by atoms with E-state index in [2.05, 4.69) is 10.0 Å². The van der Waals surface area contributed by atoms with E-state index in [1.165, 1.54) is 36.4 Å². The molecule has 2 N–H and O–H groups in total. The van der Waals surface area contributed by atoms with Crippen molar-refractivity contribution in [1.82, 2.24) is 4.72 Å². The smallest absolute Gasteiger partial charge is 0.255 e. The molecule has 5 nitrogen and oxygen atoms in total. The van der Waals surface area contributed by atoms with Crippen LogP contribution in [-0.4, -0.2) is 14.3 Å². The molecule has 0 atom stereocenters. The molecule has 8 heteroatoms. The molecule has 0 aromatic heterocycles. The summed E-state index contributed by atoms with van der Waals surface area (Å²) >= 11 is 6.07. The van der Waals surface area contributed by atoms with Crippen LogP contribution < -0.4 is 10.0 Å². The third-order valence-corrected chi connectivity index (χ3v) is 6.12. The van der Waals surface area contributed by atoms with Crippen LogP contribution in [0.1, 0.15) is 21.5 Å². The zero-order chi connectivity index (χ0) is 21.0. The Hall–Kier alpha value is -2.74. The first-order valence-electron chi connectivity index (χ1n) is 8.67. The molecule has 0 unspecified atom stereocenters. The molecule has 0 spiro atoms. The van der Waals surface area contributed by atoms with Gasteiger partial charge in [0.2, 0.25) is 10.0 Å². The molecule has 3 aromatic rings. The summed E-state index contributed by atoms with van der Waals surface area (Å²) in [6, 6.07) is 17.0. The SMILES string of the molecule is Cc1ccc(F)cc1NC(=O)c1ccc(Cl)c(S(=O)(=O)NCc2ccccc2)c1. The number of sulfonamides is 1. The zero-order valence-corrected chi connectivity index (χ0v) is 17.0. The van der Waals surface area contributed by atoms with Gasteiger partial charge in [0.25, 0.3) is 5.91 Å². The number of nitrogens with one attached hydrogen (secondary N) is 2. The van der Waals surface area contributed by atoms with Gasteiger partial charge in [0, 0.05) is 17.8 Å². The Labute approximate surface area is 173 Å². The first-order chi connectivity index (χ1) is 13.8. The lowest BCUT2D eigenvalue weighted by Crippen LogP contribution is -2.24. The van der Waals surface area contributed by atoms with E-state index in [9.17, 15) is 17.6 Å². The Bertz CT molecular complexity index is 1150. The van der Waals surface area contributed by atoms with Crippen LogP contribution in [0.3, 0.4) is 0 Å². The Morgan fingerprint density at radius 2 is 1.76 bits per heavy atom. The minimum atomic E-state index is -3.95. The lowest BCUT2D eigenvalue weighted by Gasteiger charge is -2.12. The van der Waals surface area contributed by atoms with Gasteiger partial charge < -0.3 is 5.32 Å². The Morgan fingerprint density at radius 3 is 2.48 bits per heavy atom. The summed E-state index contributed by atoms with van der Waals surface area (Å²) in [5.41, 5.74) is 1.84. The molecule has 29 heavy (non-hydrogen) atoms. The average Bonchev–Trinajstić information content (AvgIpc) is 2.70. The van der Waals surface area contributed by atoms with E-state index in [1.54, 1.807) is 31.2 Å². The van der Waals surface area contributed by atoms with Crippen LogP contribution in [0.2, 0.25) is 5.02 Å². The van der Waals surface area contributed by atoms with Gasteiger partial charge in [-0.25, -0.2) is 17.5 Å². The first kappa shape index (κ1) is 21.0. The number of carbonyl (C=O) groups excluding carboxylic acids is 1. The van der Waals surface area contributed by atoms with Crippen LogP contribution in [-0.2, 0) is 16.6 Å². The minimum Gasteiger partial charge on any atom is -0.322 e. The fourth-order valence-corrected chi connectivity index (χ4v) is 4.17. The van der Waals surface area contributed by atoms with Crippen LogP contribution in [0.5, 0.6) is 0 Å². The van der Waals surface area contributed by atoms with Crippen molar-refractivity contribution in [1.29, 1.82) is 0 Å². The van der Waals surface area contributed by atoms with E-state index in [1.807, 2.05) is 6.07 Å². The molecular weight excluding hydrogens is 415 g/mol. The van der Waals surface area contributed by atoms with Crippen LogP contribution in [0.25, 0.3) is 0 Å². The molecule has 0 radical (unpaired) electrons. The molecule has 0 saturated carbocycles. The predicted molar refractivity (Wildman–Crippen MR) is 111 cm³/mol. The monoisotopic (exact) mass is 432 g/mol. The van der Waals surface area contributed by atoms with Crippen molar-refractivity contribution in [2.45, 2.75) is 18.4 Å². The van der Waals surface area contributed by atoms with Gasteiger partial charge in [-0.05, 0) is 48.4 Å². The average molecular weight is 433 g/mol. The number of rotatable bonds is 6. The molecule has 0 heterocycles. The van der Waals surface area contributed by atoms with E-state index in [0.717, 1.165) is 5.56 Å². The number of amides is 1. The Kier molecular flexibility index (Phi) is 6.32. The fourth-order valence-electron chi connectivity index (χ4n) is 2.63. The predicted octanol–water partition coefficient (Wildman–Crippen LogP) is 4.52. The Morgan fingerprint density at radius 1 is 1.03 bits per heavy atom. The zero-order valence-electron chi connectivity index (χ0n) is 15.4. The summed E-state index contributed by atoms with van der Waals surface area (Å²) in [6.07, 6.45) is 0. The minimum absolute atomic E-state index is 0.0101. The lowest BCUT2D eigenvalue weighted by atomic mass is 10.1. The molecule has 3 rings (SSSR count). The fraction of sp³-hybridized carbons (Fsp3) is 0.0952. The van der Waals surface area contributed by atoms with Crippen molar-refractivity contribution in [3.05, 3.63) is 94.3 Å². The van der Waals surface area contributed by atoms with Crippen molar-refractivity contribution in [3.63, 3.8) is 0 Å². The number of hydrogen-bond donors (Lipinski definition) is 2. The number of halogens is 2. The molecule has 0 aliphatic heterocycles. The maximum atomic E-state index is 13.4. The lowest BCUT2D eigenvalue weighted by molar-refractivity contribution is 0.102. The van der Waals surface area contributed by atoms with Crippen LogP contribution >= 0.6 is 11.6 Å². The quantitative estimate of drug-likeness (QED) is 0.601. The second-order valence-electron chi connectivity index (χ2n) is 6.37. The molecular formula is C21H18ClFN2O3S. The van der Waals surface area contributed by atoms with Crippen LogP contribution in [0.15, 0.2) is 71.6 Å². The van der Waals surface area contributed by atoms with E-state index in [-0.39, 0.29) is 22.0 Å². The number of anilines is 1. The van der Waals surface area contributed by atoms with Gasteiger partial charge in [-0.1, -0.05) is 48.0 Å². The maximum Gasteiger partial charge on any atom is 0.255 e. The van der Waals surface area contributed by atoms with Crippen LogP contribution in [0.4, 0.5) is 10.1 Å². The highest BCUT2D eigenvalue weighted by atomic mass is 35.5. The number of benzene rings is 3. The van der Waals surface area contributed by atoms with E-state index >= 15 is 0 Å². The molecule has 150 valence electrons. The largest absolute Gasteiger partial charge is 0.322 e. The summed E-state index contributed by atoms with van der Waals surface area (Å²) in [5, 5.41) is 2.58. The molecule has 0 aliphatic carbocycles.